The summed E-state index contributed by atoms with van der Waals surface area (Å²) in [6.45, 7) is 1.78. The first-order chi connectivity index (χ1) is 3.68. The largest absolute Gasteiger partial charge is 3.00 e. The number of carbonyl (C=O) groups is 1. The second-order valence-corrected chi connectivity index (χ2v) is 1.59. The third kappa shape index (κ3) is 6.42. The van der Waals surface area contributed by atoms with E-state index in [1.807, 2.05) is 0 Å². The molecule has 0 heterocycles. The van der Waals surface area contributed by atoms with E-state index in [2.05, 4.69) is 0 Å². The molecule has 0 aromatic carbocycles. The molecule has 0 radical (unpaired) electrons. The quantitative estimate of drug-likeness (QED) is 0.638. The van der Waals surface area contributed by atoms with Crippen molar-refractivity contribution in [1.82, 2.24) is 0 Å². The van der Waals surface area contributed by atoms with Crippen LogP contribution in [0, 0.1) is 6.42 Å². The Labute approximate surface area is 79.9 Å². The summed E-state index contributed by atoms with van der Waals surface area (Å²) in [4.78, 5) is 9.94. The molecular weight excluding hydrogens is 195 g/mol. The minimum Gasteiger partial charge on any atom is -0.480 e. The van der Waals surface area contributed by atoms with Crippen LogP contribution in [0.2, 0.25) is 0 Å². The number of nitrogens with two attached hydrogens (primary N) is 1. The van der Waals surface area contributed by atoms with E-state index >= 15 is 0 Å². The van der Waals surface area contributed by atoms with Crippen molar-refractivity contribution in [3.63, 3.8) is 0 Å². The normalized spacial score (nSPS) is 11.8. The zero-order chi connectivity index (χ0) is 6.57. The van der Waals surface area contributed by atoms with E-state index in [4.69, 9.17) is 10.8 Å². The van der Waals surface area contributed by atoms with Crippen molar-refractivity contribution in [2.75, 3.05) is 0 Å². The average molecular weight is 205 g/mol. The molecule has 0 bridgehead atoms. The molecule has 48 valence electrons. The van der Waals surface area contributed by atoms with Gasteiger partial charge in [-0.3, -0.25) is 4.79 Å². The average Bonchev–Trinajstić information content (AvgIpc) is 1.67. The Morgan fingerprint density at radius 3 is 2.44 bits per heavy atom. The van der Waals surface area contributed by atoms with Crippen molar-refractivity contribution in [3.8, 4) is 0 Å². The van der Waals surface area contributed by atoms with Gasteiger partial charge in [0.15, 0.2) is 0 Å². The molecule has 0 rings (SSSR count). The summed E-state index contributed by atoms with van der Waals surface area (Å²) >= 11 is 0. The Morgan fingerprint density at radius 1 is 1.89 bits per heavy atom. The van der Waals surface area contributed by atoms with E-state index in [0.717, 1.165) is 0 Å². The first-order valence-electron chi connectivity index (χ1n) is 2.44. The number of aliphatic carboxylic acids is 1. The van der Waals surface area contributed by atoms with Gasteiger partial charge in [-0.1, -0.05) is 0 Å². The van der Waals surface area contributed by atoms with Crippen LogP contribution in [-0.2, 0) is 37.5 Å². The van der Waals surface area contributed by atoms with Gasteiger partial charge in [-0.15, -0.1) is 0 Å². The van der Waals surface area contributed by atoms with Gasteiger partial charge in [0.2, 0.25) is 0 Å². The van der Waals surface area contributed by atoms with Crippen LogP contribution in [-0.4, -0.2) is 17.1 Å². The number of hydrogen-bond donors (Lipinski definition) is 2. The van der Waals surface area contributed by atoms with Crippen molar-refractivity contribution in [2.24, 2.45) is 5.73 Å². The molecule has 3 nitrogen and oxygen atoms in total. The van der Waals surface area contributed by atoms with Crippen LogP contribution < -0.4 is 5.73 Å². The predicted octanol–water partition coefficient (Wildman–Crippen LogP) is 0.0101. The van der Waals surface area contributed by atoms with Crippen LogP contribution in [0.15, 0.2) is 0 Å². The topological polar surface area (TPSA) is 63.3 Å². The maximum atomic E-state index is 9.94. The van der Waals surface area contributed by atoms with Gasteiger partial charge < -0.3 is 17.3 Å². The monoisotopic (exact) mass is 205 g/mol. The zero-order valence-corrected chi connectivity index (χ0v) is 8.21. The SMILES string of the molecule is C[CH-]CC(N)C(=O)O.[Y+3]. The van der Waals surface area contributed by atoms with E-state index in [0.29, 0.717) is 6.42 Å². The van der Waals surface area contributed by atoms with Gasteiger partial charge >= 0.3 is 38.7 Å². The summed E-state index contributed by atoms with van der Waals surface area (Å²) < 4.78 is 0. The predicted molar refractivity (Wildman–Crippen MR) is 30.2 cm³/mol. The number of carboxylic acid groups (broad SMARTS) is 1. The molecular formula is C5H10NO2Y+2. The maximum absolute atomic E-state index is 9.94. The van der Waals surface area contributed by atoms with Crippen molar-refractivity contribution in [2.45, 2.75) is 19.4 Å². The maximum Gasteiger partial charge on any atom is 3.00 e. The van der Waals surface area contributed by atoms with Crippen LogP contribution in [0.3, 0.4) is 0 Å². The molecule has 0 aromatic rings. The van der Waals surface area contributed by atoms with E-state index in [-0.39, 0.29) is 32.7 Å². The second-order valence-electron chi connectivity index (χ2n) is 1.59. The van der Waals surface area contributed by atoms with Crippen LogP contribution in [0.25, 0.3) is 0 Å². The number of carboxylic acids is 1. The molecule has 1 unspecified atom stereocenters. The van der Waals surface area contributed by atoms with Crippen LogP contribution in [0.4, 0.5) is 0 Å². The van der Waals surface area contributed by atoms with Gasteiger partial charge in [0, 0.05) is 0 Å². The summed E-state index contributed by atoms with van der Waals surface area (Å²) in [6, 6.07) is -0.722. The summed E-state index contributed by atoms with van der Waals surface area (Å²) in [7, 11) is 0. The van der Waals surface area contributed by atoms with E-state index in [9.17, 15) is 4.79 Å². The Bertz CT molecular complexity index is 87.0. The molecule has 4 heteroatoms. The first-order valence-corrected chi connectivity index (χ1v) is 2.44. The van der Waals surface area contributed by atoms with E-state index < -0.39 is 12.0 Å². The summed E-state index contributed by atoms with van der Waals surface area (Å²) in [5.74, 6) is -0.942. The minimum absolute atomic E-state index is 0. The Kier molecular flexibility index (Phi) is 9.04. The molecule has 0 saturated carbocycles. The summed E-state index contributed by atoms with van der Waals surface area (Å²) in [6.07, 6.45) is 2.17. The van der Waals surface area contributed by atoms with Crippen LogP contribution in [0.1, 0.15) is 13.3 Å². The van der Waals surface area contributed by atoms with E-state index in [1.54, 1.807) is 13.3 Å². The molecule has 0 spiro atoms. The van der Waals surface area contributed by atoms with Gasteiger partial charge in [0.1, 0.15) is 0 Å². The molecule has 0 aromatic heterocycles. The summed E-state index contributed by atoms with van der Waals surface area (Å²) in [5, 5.41) is 8.17. The fourth-order valence-electron chi connectivity index (χ4n) is 0.355. The fourth-order valence-corrected chi connectivity index (χ4v) is 0.355. The van der Waals surface area contributed by atoms with Gasteiger partial charge in [-0.05, 0) is 0 Å². The Morgan fingerprint density at radius 2 is 2.33 bits per heavy atom. The Hall–Kier alpha value is 0.534. The van der Waals surface area contributed by atoms with Gasteiger partial charge in [0.05, 0.1) is 6.04 Å². The van der Waals surface area contributed by atoms with Crippen LogP contribution >= 0.6 is 0 Å². The molecule has 0 fully saturated rings. The third-order valence-electron chi connectivity index (χ3n) is 0.807. The van der Waals surface area contributed by atoms with Gasteiger partial charge in [0.25, 0.3) is 0 Å². The number of rotatable bonds is 3. The minimum atomic E-state index is -0.942. The van der Waals surface area contributed by atoms with Crippen molar-refractivity contribution in [1.29, 1.82) is 0 Å². The molecule has 9 heavy (non-hydrogen) atoms. The van der Waals surface area contributed by atoms with Crippen LogP contribution in [0.5, 0.6) is 0 Å². The first kappa shape index (κ1) is 12.2. The molecule has 0 aliphatic heterocycles. The zero-order valence-electron chi connectivity index (χ0n) is 5.37. The van der Waals surface area contributed by atoms with Gasteiger partial charge in [-0.2, -0.15) is 13.3 Å². The molecule has 1 atom stereocenters. The smallest absolute Gasteiger partial charge is 0.480 e. The van der Waals surface area contributed by atoms with Crippen molar-refractivity contribution >= 4 is 5.97 Å². The molecule has 0 aliphatic rings. The Balaban J connectivity index is 0. The molecule has 0 amide bonds. The fraction of sp³-hybridized carbons (Fsp3) is 0.600. The second kappa shape index (κ2) is 6.65. The summed E-state index contributed by atoms with van der Waals surface area (Å²) in [5.41, 5.74) is 5.10. The molecule has 3 N–H and O–H groups in total. The third-order valence-corrected chi connectivity index (χ3v) is 0.807. The van der Waals surface area contributed by atoms with Crippen molar-refractivity contribution in [3.05, 3.63) is 6.42 Å². The standard InChI is InChI=1S/C5H10NO2.Y/c1-2-3-4(6)5(7)8;/h2,4H,3,6H2,1H3,(H,7,8);/q-1;+3. The van der Waals surface area contributed by atoms with Crippen molar-refractivity contribution < 1.29 is 42.6 Å². The number of hydrogen-bond acceptors (Lipinski definition) is 2. The van der Waals surface area contributed by atoms with E-state index in [1.165, 1.54) is 0 Å². The van der Waals surface area contributed by atoms with Gasteiger partial charge in [-0.25, -0.2) is 0 Å². The molecule has 0 aliphatic carbocycles. The molecule has 0 saturated heterocycles.